The molecule has 1 aromatic heterocycles. The number of H-pyrrole nitrogens is 1. The van der Waals surface area contributed by atoms with E-state index in [1.807, 2.05) is 19.1 Å². The molecule has 3 aliphatic rings. The van der Waals surface area contributed by atoms with Gasteiger partial charge < -0.3 is 31.3 Å². The highest BCUT2D eigenvalue weighted by molar-refractivity contribution is 5.82. The second-order valence-corrected chi connectivity index (χ2v) is 12.5. The summed E-state index contributed by atoms with van der Waals surface area (Å²) in [5.41, 5.74) is 22.0. The number of carbonyl (C=O) groups is 2. The molecule has 8 heteroatoms. The largest absolute Gasteiger partial charge is 0.399 e. The lowest BCUT2D eigenvalue weighted by molar-refractivity contribution is -0.135. The molecule has 1 atom stereocenters. The van der Waals surface area contributed by atoms with Crippen molar-refractivity contribution in [1.82, 2.24) is 14.9 Å². The Kier molecular flexibility index (Phi) is 12.5. The Labute approximate surface area is 279 Å². The van der Waals surface area contributed by atoms with Crippen LogP contribution < -0.4 is 11.5 Å². The molecular formula is C39H51N5O3. The zero-order valence-electron chi connectivity index (χ0n) is 28.2. The fourth-order valence-corrected chi connectivity index (χ4v) is 7.69. The molecule has 0 bridgehead atoms. The summed E-state index contributed by atoms with van der Waals surface area (Å²) in [6.45, 7) is 6.45. The Morgan fingerprint density at radius 2 is 1.62 bits per heavy atom. The predicted molar refractivity (Wildman–Crippen MR) is 192 cm³/mol. The number of fused-ring (bicyclic) bond motifs is 2. The van der Waals surface area contributed by atoms with Crippen LogP contribution in [0.5, 0.6) is 0 Å². The molecule has 0 radical (unpaired) electrons. The van der Waals surface area contributed by atoms with Crippen LogP contribution in [0.2, 0.25) is 0 Å². The maximum absolute atomic E-state index is 12.2. The van der Waals surface area contributed by atoms with Gasteiger partial charge in [0.15, 0.2) is 0 Å². The highest BCUT2D eigenvalue weighted by Crippen LogP contribution is 2.55. The molecule has 1 aliphatic heterocycles. The number of nitrogens with zero attached hydrogens (tertiary/aromatic N) is 2. The minimum Gasteiger partial charge on any atom is -0.399 e. The van der Waals surface area contributed by atoms with E-state index in [9.17, 15) is 9.90 Å². The van der Waals surface area contributed by atoms with Crippen LogP contribution in [0.4, 0.5) is 5.69 Å². The highest BCUT2D eigenvalue weighted by Gasteiger charge is 2.43. The van der Waals surface area contributed by atoms with Crippen molar-refractivity contribution < 1.29 is 14.7 Å². The molecule has 2 heterocycles. The highest BCUT2D eigenvalue weighted by atomic mass is 16.3. The van der Waals surface area contributed by atoms with Gasteiger partial charge in [0, 0.05) is 12.2 Å². The molecule has 7 rings (SSSR count). The molecule has 1 saturated heterocycles. The number of amides is 1. The topological polar surface area (TPSA) is 138 Å². The Morgan fingerprint density at radius 1 is 0.957 bits per heavy atom. The number of likely N-dealkylation sites (tertiary alicyclic amines) is 1. The molecule has 1 amide bonds. The quantitative estimate of drug-likeness (QED) is 0.171. The summed E-state index contributed by atoms with van der Waals surface area (Å²) in [5, 5.41) is 9.35. The number of nitrogen functional groups attached to an aromatic ring is 1. The van der Waals surface area contributed by atoms with Gasteiger partial charge in [-0.1, -0.05) is 81.6 Å². The Morgan fingerprint density at radius 3 is 2.28 bits per heavy atom. The lowest BCUT2D eigenvalue weighted by Crippen LogP contribution is -2.33. The van der Waals surface area contributed by atoms with E-state index >= 15 is 0 Å². The monoisotopic (exact) mass is 637 g/mol. The summed E-state index contributed by atoms with van der Waals surface area (Å²) in [5.74, 6) is 0.552. The second-order valence-electron chi connectivity index (χ2n) is 12.5. The van der Waals surface area contributed by atoms with E-state index in [1.54, 1.807) is 10.5 Å². The zero-order valence-corrected chi connectivity index (χ0v) is 28.2. The standard InChI is InChI=1S/C34H36N4O2.C3H8.CH5N.CH2O/c35-25-6-3-5-24(19-25)26-12-13-27(32-28(26)14-17-34(32)15-1-2-16-34)22-8-10-23(11-9-22)29-20-36-33(37-29)30-7-4-18-38(30)31(40)21-39;1-3-2;2*1-2/h3,5-6,8-13,19-20,30,39H,1-2,4,7,14-18,21,35H2,(H,36,37);3H2,1-2H3;2H2,1H3;1H2. The van der Waals surface area contributed by atoms with E-state index in [-0.39, 0.29) is 17.4 Å². The summed E-state index contributed by atoms with van der Waals surface area (Å²) in [6, 6.07) is 21.7. The van der Waals surface area contributed by atoms with Crippen LogP contribution in [0.1, 0.15) is 88.2 Å². The van der Waals surface area contributed by atoms with Gasteiger partial charge in [-0.05, 0) is 102 Å². The van der Waals surface area contributed by atoms with Crippen LogP contribution in [0, 0.1) is 0 Å². The van der Waals surface area contributed by atoms with Crippen molar-refractivity contribution in [3.05, 3.63) is 83.8 Å². The van der Waals surface area contributed by atoms with Crippen molar-refractivity contribution in [2.45, 2.75) is 83.1 Å². The van der Waals surface area contributed by atoms with Crippen molar-refractivity contribution >= 4 is 18.4 Å². The number of rotatable bonds is 5. The van der Waals surface area contributed by atoms with Crippen LogP contribution in [-0.4, -0.2) is 52.9 Å². The van der Waals surface area contributed by atoms with Crippen molar-refractivity contribution in [3.63, 3.8) is 0 Å². The smallest absolute Gasteiger partial charge is 0.248 e. The minimum absolute atomic E-state index is 0.101. The number of nitrogens with two attached hydrogens (primary N) is 2. The maximum atomic E-state index is 12.2. The summed E-state index contributed by atoms with van der Waals surface area (Å²) in [4.78, 5) is 30.0. The third-order valence-corrected chi connectivity index (χ3v) is 9.58. The fraction of sp³-hybridized carbons (Fsp3) is 0.410. The van der Waals surface area contributed by atoms with Gasteiger partial charge in [0.25, 0.3) is 0 Å². The number of anilines is 1. The molecule has 4 aromatic rings. The zero-order chi connectivity index (χ0) is 34.0. The van der Waals surface area contributed by atoms with Gasteiger partial charge in [-0.2, -0.15) is 0 Å². The van der Waals surface area contributed by atoms with Gasteiger partial charge in [-0.25, -0.2) is 4.98 Å². The van der Waals surface area contributed by atoms with E-state index in [4.69, 9.17) is 10.5 Å². The van der Waals surface area contributed by atoms with Crippen LogP contribution in [-0.2, 0) is 21.4 Å². The number of hydrogen-bond donors (Lipinski definition) is 4. The first-order valence-electron chi connectivity index (χ1n) is 16.9. The van der Waals surface area contributed by atoms with Gasteiger partial charge in [-0.3, -0.25) is 4.79 Å². The summed E-state index contributed by atoms with van der Waals surface area (Å²) < 4.78 is 0. The third-order valence-electron chi connectivity index (χ3n) is 9.58. The van der Waals surface area contributed by atoms with Crippen LogP contribution >= 0.6 is 0 Å². The van der Waals surface area contributed by atoms with Crippen LogP contribution in [0.3, 0.4) is 0 Å². The van der Waals surface area contributed by atoms with Crippen LogP contribution in [0.25, 0.3) is 33.5 Å². The van der Waals surface area contributed by atoms with E-state index in [1.165, 1.54) is 73.4 Å². The van der Waals surface area contributed by atoms with Gasteiger partial charge >= 0.3 is 0 Å². The fourth-order valence-electron chi connectivity index (χ4n) is 7.69. The number of aromatic nitrogens is 2. The van der Waals surface area contributed by atoms with Gasteiger partial charge in [0.05, 0.1) is 17.9 Å². The van der Waals surface area contributed by atoms with E-state index < -0.39 is 6.61 Å². The minimum atomic E-state index is -0.461. The second kappa shape index (κ2) is 16.5. The summed E-state index contributed by atoms with van der Waals surface area (Å²) in [7, 11) is 1.50. The van der Waals surface area contributed by atoms with E-state index in [0.29, 0.717) is 6.54 Å². The first-order chi connectivity index (χ1) is 23.0. The summed E-state index contributed by atoms with van der Waals surface area (Å²) in [6.07, 6.45) is 12.4. The number of benzene rings is 3. The molecule has 3 aromatic carbocycles. The molecule has 6 N–H and O–H groups in total. The molecule has 1 spiro atoms. The Hall–Kier alpha value is -4.27. The van der Waals surface area contributed by atoms with Crippen molar-refractivity contribution in [1.29, 1.82) is 0 Å². The van der Waals surface area contributed by atoms with Gasteiger partial charge in [0.2, 0.25) is 5.91 Å². The van der Waals surface area contributed by atoms with E-state index in [0.717, 1.165) is 42.0 Å². The van der Waals surface area contributed by atoms with Crippen LogP contribution in [0.15, 0.2) is 66.9 Å². The predicted octanol–water partition coefficient (Wildman–Crippen LogP) is 7.21. The SMILES string of the molecule is C=O.CCC.CN.Nc1cccc(-c2ccc(-c3ccc(-c4cnc(C5CCCN5C(=O)CO)[nH]4)cc3)c3c2CCC32CCCC2)c1. The first kappa shape index (κ1) is 35.6. The molecule has 47 heavy (non-hydrogen) atoms. The third kappa shape index (κ3) is 7.34. The molecule has 2 fully saturated rings. The molecule has 250 valence electrons. The molecule has 2 aliphatic carbocycles. The van der Waals surface area contributed by atoms with Gasteiger partial charge in [0.1, 0.15) is 19.2 Å². The van der Waals surface area contributed by atoms with Gasteiger partial charge in [-0.15, -0.1) is 0 Å². The summed E-state index contributed by atoms with van der Waals surface area (Å²) >= 11 is 0. The Bertz CT molecular complexity index is 1610. The average Bonchev–Trinajstić information content (AvgIpc) is 3.95. The lowest BCUT2D eigenvalue weighted by Gasteiger charge is -2.28. The lowest BCUT2D eigenvalue weighted by atomic mass is 9.76. The molecule has 8 nitrogen and oxygen atoms in total. The number of hydrogen-bond acceptors (Lipinski definition) is 6. The number of aliphatic hydroxyl groups is 1. The van der Waals surface area contributed by atoms with E-state index in [2.05, 4.69) is 84.1 Å². The van der Waals surface area contributed by atoms with Crippen molar-refractivity contribution in [3.8, 4) is 33.5 Å². The number of carbonyl (C=O) groups excluding carboxylic acids is 2. The van der Waals surface area contributed by atoms with Crippen molar-refractivity contribution in [2.75, 3.05) is 25.9 Å². The number of aliphatic hydroxyl groups excluding tert-OH is 1. The molecule has 1 saturated carbocycles. The molecule has 1 unspecified atom stereocenters. The number of nitrogens with one attached hydrogen (secondary N) is 1. The number of aromatic amines is 1. The number of imidazole rings is 1. The molecular weight excluding hydrogens is 586 g/mol. The van der Waals surface area contributed by atoms with Crippen molar-refractivity contribution in [2.24, 2.45) is 5.73 Å². The maximum Gasteiger partial charge on any atom is 0.248 e. The first-order valence-corrected chi connectivity index (χ1v) is 16.9. The average molecular weight is 638 g/mol. The normalized spacial score (nSPS) is 17.1. The Balaban J connectivity index is 0.000000666.